The van der Waals surface area contributed by atoms with Gasteiger partial charge in [0.1, 0.15) is 5.69 Å². The van der Waals surface area contributed by atoms with Gasteiger partial charge in [0.05, 0.1) is 27.4 Å². The van der Waals surface area contributed by atoms with Gasteiger partial charge in [-0.05, 0) is 62.4 Å². The molecule has 2 aromatic carbocycles. The average Bonchev–Trinajstić information content (AvgIpc) is 3.43. The zero-order valence-electron chi connectivity index (χ0n) is 17.6. The van der Waals surface area contributed by atoms with Gasteiger partial charge in [0, 0.05) is 18.1 Å². The molecule has 0 bridgehead atoms. The van der Waals surface area contributed by atoms with Gasteiger partial charge in [-0.25, -0.2) is 4.98 Å². The van der Waals surface area contributed by atoms with Crippen LogP contribution >= 0.6 is 23.2 Å². The molecule has 1 aliphatic carbocycles. The van der Waals surface area contributed by atoms with E-state index in [4.69, 9.17) is 28.2 Å². The Labute approximate surface area is 191 Å². The van der Waals surface area contributed by atoms with Crippen LogP contribution in [0.25, 0.3) is 22.5 Å². The minimum atomic E-state index is 0.0452. The number of hydrogen-bond donors (Lipinski definition) is 0. The molecule has 0 unspecified atom stereocenters. The zero-order valence-corrected chi connectivity index (χ0v) is 19.1. The minimum Gasteiger partial charge on any atom is -0.337 e. The first-order valence-electron chi connectivity index (χ1n) is 10.7. The van der Waals surface area contributed by atoms with Gasteiger partial charge in [-0.15, -0.1) is 0 Å². The van der Waals surface area contributed by atoms with Crippen LogP contribution in [0.1, 0.15) is 42.4 Å². The van der Waals surface area contributed by atoms with Crippen LogP contribution < -0.4 is 0 Å². The lowest BCUT2D eigenvalue weighted by molar-refractivity contribution is 0.0740. The molecule has 0 atom stereocenters. The summed E-state index contributed by atoms with van der Waals surface area (Å²) < 4.78 is 3.98. The molecule has 31 heavy (non-hydrogen) atoms. The number of carbonyl (C=O) groups is 1. The standard InChI is InChI=1S/C24H24Cl2N4O/c1-3-12-28(14-16-8-9-16)23(31)22-15(2)27-24-29(19-11-10-17(25)13-18(19)26)20-6-4-5-7-21(20)30(22)24/h4-7,10-11,13,16H,3,8-9,12,14H2,1-2H3. The summed E-state index contributed by atoms with van der Waals surface area (Å²) in [5, 5.41) is 1.11. The minimum absolute atomic E-state index is 0.0452. The van der Waals surface area contributed by atoms with E-state index >= 15 is 0 Å². The van der Waals surface area contributed by atoms with E-state index < -0.39 is 0 Å². The fourth-order valence-corrected chi connectivity index (χ4v) is 4.79. The van der Waals surface area contributed by atoms with Crippen molar-refractivity contribution in [3.05, 3.63) is 63.9 Å². The number of rotatable bonds is 6. The molecule has 0 aliphatic heterocycles. The van der Waals surface area contributed by atoms with Gasteiger partial charge in [-0.3, -0.25) is 13.8 Å². The summed E-state index contributed by atoms with van der Waals surface area (Å²) in [6.45, 7) is 5.59. The van der Waals surface area contributed by atoms with Crippen molar-refractivity contribution in [1.82, 2.24) is 18.9 Å². The van der Waals surface area contributed by atoms with Crippen molar-refractivity contribution in [1.29, 1.82) is 0 Å². The molecule has 0 saturated heterocycles. The quantitative estimate of drug-likeness (QED) is 0.350. The van der Waals surface area contributed by atoms with Gasteiger partial charge in [-0.2, -0.15) is 0 Å². The van der Waals surface area contributed by atoms with Crippen molar-refractivity contribution in [3.8, 4) is 5.69 Å². The molecule has 1 amide bonds. The number of carbonyl (C=O) groups excluding carboxylic acids is 1. The topological polar surface area (TPSA) is 42.5 Å². The fourth-order valence-electron chi connectivity index (χ4n) is 4.30. The molecule has 2 aromatic heterocycles. The maximum absolute atomic E-state index is 13.7. The third kappa shape index (κ3) is 3.50. The molecule has 0 spiro atoms. The lowest BCUT2D eigenvalue weighted by Gasteiger charge is -2.22. The van der Waals surface area contributed by atoms with Crippen LogP contribution in [0.5, 0.6) is 0 Å². The van der Waals surface area contributed by atoms with Crippen LogP contribution in [0.15, 0.2) is 42.5 Å². The molecule has 5 rings (SSSR count). The van der Waals surface area contributed by atoms with E-state index in [-0.39, 0.29) is 5.91 Å². The van der Waals surface area contributed by atoms with Gasteiger partial charge < -0.3 is 4.90 Å². The number of halogens is 2. The monoisotopic (exact) mass is 454 g/mol. The summed E-state index contributed by atoms with van der Waals surface area (Å²) in [5.41, 5.74) is 4.00. The number of imidazole rings is 2. The smallest absolute Gasteiger partial charge is 0.272 e. The van der Waals surface area contributed by atoms with Gasteiger partial charge in [-0.1, -0.05) is 42.3 Å². The summed E-state index contributed by atoms with van der Waals surface area (Å²) in [7, 11) is 0. The number of aromatic nitrogens is 3. The summed E-state index contributed by atoms with van der Waals surface area (Å²) in [6, 6.07) is 13.4. The first kappa shape index (κ1) is 20.4. The van der Waals surface area contributed by atoms with Crippen molar-refractivity contribution in [3.63, 3.8) is 0 Å². The van der Waals surface area contributed by atoms with Crippen LogP contribution in [0, 0.1) is 12.8 Å². The van der Waals surface area contributed by atoms with Crippen LogP contribution in [0.3, 0.4) is 0 Å². The van der Waals surface area contributed by atoms with Crippen molar-refractivity contribution in [2.24, 2.45) is 5.92 Å². The lowest BCUT2D eigenvalue weighted by atomic mass is 10.2. The summed E-state index contributed by atoms with van der Waals surface area (Å²) in [5.74, 6) is 1.35. The number of para-hydroxylation sites is 2. The van der Waals surface area contributed by atoms with Gasteiger partial charge >= 0.3 is 0 Å². The van der Waals surface area contributed by atoms with Crippen LogP contribution in [0.2, 0.25) is 10.0 Å². The number of aryl methyl sites for hydroxylation is 1. The van der Waals surface area contributed by atoms with Crippen molar-refractivity contribution in [2.75, 3.05) is 13.1 Å². The molecule has 160 valence electrons. The van der Waals surface area contributed by atoms with E-state index in [0.717, 1.165) is 41.9 Å². The van der Waals surface area contributed by atoms with Gasteiger partial charge in [0.2, 0.25) is 5.78 Å². The zero-order chi connectivity index (χ0) is 21.7. The number of benzene rings is 2. The van der Waals surface area contributed by atoms with Crippen LogP contribution in [0.4, 0.5) is 0 Å². The Morgan fingerprint density at radius 1 is 1.16 bits per heavy atom. The molecular formula is C24H24Cl2N4O. The van der Waals surface area contributed by atoms with Crippen molar-refractivity contribution >= 4 is 45.9 Å². The molecule has 5 nitrogen and oxygen atoms in total. The summed E-state index contributed by atoms with van der Waals surface area (Å²) >= 11 is 12.7. The highest BCUT2D eigenvalue weighted by Gasteiger charge is 2.31. The third-order valence-electron chi connectivity index (χ3n) is 5.91. The fraction of sp³-hybridized carbons (Fsp3) is 0.333. The number of nitrogens with zero attached hydrogens (tertiary/aromatic N) is 4. The first-order chi connectivity index (χ1) is 15.0. The Kier molecular flexibility index (Phi) is 5.19. The highest BCUT2D eigenvalue weighted by Crippen LogP contribution is 2.34. The highest BCUT2D eigenvalue weighted by molar-refractivity contribution is 6.35. The third-order valence-corrected chi connectivity index (χ3v) is 6.44. The molecule has 2 heterocycles. The summed E-state index contributed by atoms with van der Waals surface area (Å²) in [6.07, 6.45) is 3.35. The number of fused-ring (bicyclic) bond motifs is 3. The van der Waals surface area contributed by atoms with Gasteiger partial charge in [0.15, 0.2) is 0 Å². The van der Waals surface area contributed by atoms with E-state index in [1.807, 2.05) is 57.2 Å². The van der Waals surface area contributed by atoms with E-state index in [9.17, 15) is 4.79 Å². The molecule has 1 fully saturated rings. The lowest BCUT2D eigenvalue weighted by Crippen LogP contribution is -2.34. The molecule has 1 aliphatic rings. The maximum Gasteiger partial charge on any atom is 0.272 e. The molecule has 7 heteroatoms. The number of amides is 1. The average molecular weight is 455 g/mol. The Morgan fingerprint density at radius 2 is 1.90 bits per heavy atom. The first-order valence-corrected chi connectivity index (χ1v) is 11.5. The van der Waals surface area contributed by atoms with Crippen LogP contribution in [-0.4, -0.2) is 37.8 Å². The van der Waals surface area contributed by atoms with Crippen molar-refractivity contribution in [2.45, 2.75) is 33.1 Å². The molecule has 1 saturated carbocycles. The second kappa shape index (κ2) is 7.88. The number of hydrogen-bond acceptors (Lipinski definition) is 2. The van der Waals surface area contributed by atoms with E-state index in [1.165, 1.54) is 12.8 Å². The van der Waals surface area contributed by atoms with Crippen molar-refractivity contribution < 1.29 is 4.79 Å². The Bertz CT molecular complexity index is 1300. The maximum atomic E-state index is 13.7. The molecular weight excluding hydrogens is 431 g/mol. The second-order valence-electron chi connectivity index (χ2n) is 8.30. The van der Waals surface area contributed by atoms with E-state index in [1.54, 1.807) is 6.07 Å². The summed E-state index contributed by atoms with van der Waals surface area (Å²) in [4.78, 5) is 20.5. The largest absolute Gasteiger partial charge is 0.337 e. The molecule has 4 aromatic rings. The Balaban J connectivity index is 1.75. The molecule has 0 N–H and O–H groups in total. The van der Waals surface area contributed by atoms with E-state index in [2.05, 4.69) is 6.92 Å². The SMILES string of the molecule is CCCN(CC1CC1)C(=O)c1c(C)nc2n(-c3ccc(Cl)cc3Cl)c3ccccc3n12. The Hall–Kier alpha value is -2.50. The van der Waals surface area contributed by atoms with Crippen LogP contribution in [-0.2, 0) is 0 Å². The predicted molar refractivity (Wildman–Crippen MR) is 126 cm³/mol. The molecule has 0 radical (unpaired) electrons. The predicted octanol–water partition coefficient (Wildman–Crippen LogP) is 6.16. The second-order valence-corrected chi connectivity index (χ2v) is 9.14. The highest BCUT2D eigenvalue weighted by atomic mass is 35.5. The Morgan fingerprint density at radius 3 is 2.58 bits per heavy atom. The van der Waals surface area contributed by atoms with Gasteiger partial charge in [0.25, 0.3) is 5.91 Å². The normalized spacial score (nSPS) is 13.9. The van der Waals surface area contributed by atoms with E-state index in [0.29, 0.717) is 27.4 Å².